The Bertz CT molecular complexity index is 584. The van der Waals surface area contributed by atoms with Crippen LogP contribution in [0.4, 0.5) is 4.79 Å². The number of alkyl carbamates (subject to hydrolysis) is 1. The normalized spacial score (nSPS) is 23.3. The third kappa shape index (κ3) is 4.89. The van der Waals surface area contributed by atoms with Crippen molar-refractivity contribution in [1.82, 2.24) is 10.2 Å². The number of likely N-dealkylation sites (tertiary alicyclic amines) is 1. The molecule has 148 valence electrons. The van der Waals surface area contributed by atoms with Crippen molar-refractivity contribution < 1.29 is 24.2 Å². The van der Waals surface area contributed by atoms with Crippen molar-refractivity contribution in [1.29, 1.82) is 0 Å². The third-order valence-corrected chi connectivity index (χ3v) is 5.18. The average Bonchev–Trinajstić information content (AvgIpc) is 3.20. The van der Waals surface area contributed by atoms with Crippen LogP contribution in [-0.2, 0) is 14.3 Å². The Hall–Kier alpha value is -1.79. The largest absolute Gasteiger partial charge is 0.480 e. The van der Waals surface area contributed by atoms with Crippen molar-refractivity contribution in [2.45, 2.75) is 84.9 Å². The summed E-state index contributed by atoms with van der Waals surface area (Å²) in [5.74, 6) is -1.33. The molecule has 1 saturated carbocycles. The Morgan fingerprint density at radius 1 is 1.12 bits per heavy atom. The predicted octanol–water partition coefficient (Wildman–Crippen LogP) is 2.78. The van der Waals surface area contributed by atoms with Crippen LogP contribution < -0.4 is 5.32 Å². The fraction of sp³-hybridized carbons (Fsp3) is 0.842. The van der Waals surface area contributed by atoms with Crippen LogP contribution in [0.15, 0.2) is 0 Å². The van der Waals surface area contributed by atoms with E-state index in [-0.39, 0.29) is 11.3 Å². The first kappa shape index (κ1) is 20.5. The van der Waals surface area contributed by atoms with Crippen LogP contribution in [0.3, 0.4) is 0 Å². The first-order valence-electron chi connectivity index (χ1n) is 9.27. The van der Waals surface area contributed by atoms with Gasteiger partial charge in [0.25, 0.3) is 0 Å². The Labute approximate surface area is 155 Å². The van der Waals surface area contributed by atoms with Crippen LogP contribution in [0, 0.1) is 10.8 Å². The van der Waals surface area contributed by atoms with Gasteiger partial charge in [0.15, 0.2) is 0 Å². The number of hydrogen-bond acceptors (Lipinski definition) is 4. The lowest BCUT2D eigenvalue weighted by Gasteiger charge is -2.41. The van der Waals surface area contributed by atoms with E-state index in [1.54, 1.807) is 20.8 Å². The molecule has 2 atom stereocenters. The molecule has 0 unspecified atom stereocenters. The molecule has 26 heavy (non-hydrogen) atoms. The first-order chi connectivity index (χ1) is 11.7. The molecule has 1 spiro atoms. The number of nitrogens with one attached hydrogen (secondary N) is 1. The predicted molar refractivity (Wildman–Crippen MR) is 96.7 cm³/mol. The monoisotopic (exact) mass is 368 g/mol. The van der Waals surface area contributed by atoms with Gasteiger partial charge in [-0.05, 0) is 57.3 Å². The van der Waals surface area contributed by atoms with Gasteiger partial charge in [0, 0.05) is 6.54 Å². The molecule has 2 amide bonds. The van der Waals surface area contributed by atoms with Gasteiger partial charge in [-0.2, -0.15) is 0 Å². The number of nitrogens with zero attached hydrogens (tertiary/aromatic N) is 1. The SMILES string of the molecule is CC(C)(C)OC(=O)N[C@H](C(=O)N1CCC2(CC2)C[C@H]1C(=O)O)C(C)(C)C. The van der Waals surface area contributed by atoms with Gasteiger partial charge in [-0.25, -0.2) is 9.59 Å². The van der Waals surface area contributed by atoms with Crippen molar-refractivity contribution in [3.05, 3.63) is 0 Å². The number of carboxylic acids is 1. The highest BCUT2D eigenvalue weighted by Crippen LogP contribution is 2.55. The lowest BCUT2D eigenvalue weighted by atomic mass is 9.83. The molecule has 1 aliphatic carbocycles. The smallest absolute Gasteiger partial charge is 0.408 e. The second-order valence-electron chi connectivity index (χ2n) is 9.79. The molecule has 2 rings (SSSR count). The van der Waals surface area contributed by atoms with Crippen molar-refractivity contribution >= 4 is 18.0 Å². The van der Waals surface area contributed by atoms with Crippen LogP contribution in [0.1, 0.15) is 67.2 Å². The number of carboxylic acid groups (broad SMARTS) is 1. The number of rotatable bonds is 3. The molecule has 7 heteroatoms. The Kier molecular flexibility index (Phi) is 5.32. The standard InChI is InChI=1S/C19H32N2O5/c1-17(2,3)13(20-16(25)26-18(4,5)6)14(22)21-10-9-19(7-8-19)11-12(21)15(23)24/h12-13H,7-11H2,1-6H3,(H,20,25)(H,23,24)/t12-,13+/m0/s1. The van der Waals surface area contributed by atoms with Crippen LogP contribution in [0.25, 0.3) is 0 Å². The maximum atomic E-state index is 13.2. The second kappa shape index (κ2) is 6.74. The van der Waals surface area contributed by atoms with Gasteiger partial charge in [-0.15, -0.1) is 0 Å². The van der Waals surface area contributed by atoms with E-state index in [4.69, 9.17) is 4.74 Å². The fourth-order valence-corrected chi connectivity index (χ4v) is 3.49. The van der Waals surface area contributed by atoms with E-state index in [9.17, 15) is 19.5 Å². The minimum Gasteiger partial charge on any atom is -0.480 e. The minimum atomic E-state index is -0.978. The van der Waals surface area contributed by atoms with Gasteiger partial charge in [-0.3, -0.25) is 4.79 Å². The second-order valence-corrected chi connectivity index (χ2v) is 9.79. The van der Waals surface area contributed by atoms with E-state index >= 15 is 0 Å². The van der Waals surface area contributed by atoms with Crippen LogP contribution in [0.5, 0.6) is 0 Å². The van der Waals surface area contributed by atoms with E-state index in [1.807, 2.05) is 20.8 Å². The lowest BCUT2D eigenvalue weighted by Crippen LogP contribution is -2.60. The summed E-state index contributed by atoms with van der Waals surface area (Å²) in [6.07, 6.45) is 2.73. The van der Waals surface area contributed by atoms with Crippen molar-refractivity contribution in [3.8, 4) is 0 Å². The highest BCUT2D eigenvalue weighted by Gasteiger charge is 2.52. The molecule has 0 aromatic carbocycles. The number of aliphatic carboxylic acids is 1. The van der Waals surface area contributed by atoms with Gasteiger partial charge in [0.2, 0.25) is 5.91 Å². The first-order valence-corrected chi connectivity index (χ1v) is 9.27. The number of hydrogen-bond donors (Lipinski definition) is 2. The van der Waals surface area contributed by atoms with Crippen LogP contribution in [-0.4, -0.2) is 52.2 Å². The Morgan fingerprint density at radius 3 is 2.12 bits per heavy atom. The van der Waals surface area contributed by atoms with E-state index in [2.05, 4.69) is 5.32 Å². The summed E-state index contributed by atoms with van der Waals surface area (Å²) in [5, 5.41) is 12.3. The number of piperidine rings is 1. The number of amides is 2. The molecule has 1 saturated heterocycles. The quantitative estimate of drug-likeness (QED) is 0.798. The molecule has 7 nitrogen and oxygen atoms in total. The van der Waals surface area contributed by atoms with E-state index in [1.165, 1.54) is 4.90 Å². The molecule has 2 fully saturated rings. The van der Waals surface area contributed by atoms with Gasteiger partial charge in [0.1, 0.15) is 17.7 Å². The van der Waals surface area contributed by atoms with Crippen molar-refractivity contribution in [2.75, 3.05) is 6.54 Å². The molecular formula is C19H32N2O5. The summed E-state index contributed by atoms with van der Waals surface area (Å²) in [6, 6.07) is -1.68. The molecule has 2 aliphatic rings. The summed E-state index contributed by atoms with van der Waals surface area (Å²) >= 11 is 0. The maximum Gasteiger partial charge on any atom is 0.408 e. The van der Waals surface area contributed by atoms with Crippen molar-refractivity contribution in [3.63, 3.8) is 0 Å². The summed E-state index contributed by atoms with van der Waals surface area (Å²) in [6.45, 7) is 11.2. The molecule has 0 radical (unpaired) electrons. The number of ether oxygens (including phenoxy) is 1. The number of carbonyl (C=O) groups excluding carboxylic acids is 2. The maximum absolute atomic E-state index is 13.2. The average molecular weight is 368 g/mol. The topological polar surface area (TPSA) is 95.9 Å². The zero-order chi connectivity index (χ0) is 19.9. The summed E-state index contributed by atoms with van der Waals surface area (Å²) in [5.41, 5.74) is -1.15. The van der Waals surface area contributed by atoms with E-state index in [0.29, 0.717) is 13.0 Å². The minimum absolute atomic E-state index is 0.107. The zero-order valence-electron chi connectivity index (χ0n) is 16.7. The van der Waals surface area contributed by atoms with Gasteiger partial charge in [0.05, 0.1) is 0 Å². The van der Waals surface area contributed by atoms with Crippen LogP contribution in [0.2, 0.25) is 0 Å². The summed E-state index contributed by atoms with van der Waals surface area (Å²) in [7, 11) is 0. The Balaban J connectivity index is 2.17. The van der Waals surface area contributed by atoms with E-state index in [0.717, 1.165) is 19.3 Å². The Morgan fingerprint density at radius 2 is 1.69 bits per heavy atom. The molecule has 0 aromatic rings. The molecule has 2 N–H and O–H groups in total. The highest BCUT2D eigenvalue weighted by atomic mass is 16.6. The third-order valence-electron chi connectivity index (χ3n) is 5.18. The van der Waals surface area contributed by atoms with Gasteiger partial charge >= 0.3 is 12.1 Å². The van der Waals surface area contributed by atoms with Gasteiger partial charge < -0.3 is 20.1 Å². The molecule has 1 heterocycles. The zero-order valence-corrected chi connectivity index (χ0v) is 16.7. The van der Waals surface area contributed by atoms with Crippen molar-refractivity contribution in [2.24, 2.45) is 10.8 Å². The summed E-state index contributed by atoms with van der Waals surface area (Å²) < 4.78 is 5.28. The van der Waals surface area contributed by atoms with Crippen LogP contribution >= 0.6 is 0 Å². The molecular weight excluding hydrogens is 336 g/mol. The van der Waals surface area contributed by atoms with E-state index < -0.39 is 35.2 Å². The highest BCUT2D eigenvalue weighted by molar-refractivity contribution is 5.90. The summed E-state index contributed by atoms with van der Waals surface area (Å²) in [4.78, 5) is 38.6. The molecule has 0 aromatic heterocycles. The molecule has 1 aliphatic heterocycles. The molecule has 0 bridgehead atoms. The number of carbonyl (C=O) groups is 3. The lowest BCUT2D eigenvalue weighted by molar-refractivity contribution is -0.155. The fourth-order valence-electron chi connectivity index (χ4n) is 3.49. The van der Waals surface area contributed by atoms with Gasteiger partial charge in [-0.1, -0.05) is 20.8 Å².